The Kier molecular flexibility index (Phi) is 284. The molecular formula is H9ClO7TiZr. The summed E-state index contributed by atoms with van der Waals surface area (Å²) in [4.78, 5) is 0. The molecule has 0 aliphatic carbocycles. The molecule has 7 nitrogen and oxygen atoms in total. The van der Waals surface area contributed by atoms with Gasteiger partial charge in [-0.15, -0.1) is 0 Å². The summed E-state index contributed by atoms with van der Waals surface area (Å²) in [7, 11) is -2.60. The molecule has 0 rings (SSSR count). The molecule has 0 aliphatic rings. The maximum Gasteiger partial charge on any atom is 0.282 e. The van der Waals surface area contributed by atoms with Crippen molar-refractivity contribution in [2.75, 3.05) is 0 Å². The van der Waals surface area contributed by atoms with Gasteiger partial charge in [0.2, 0.25) is 0 Å². The van der Waals surface area contributed by atoms with E-state index in [0.29, 0.717) is 0 Å². The molecule has 0 unspecified atom stereocenters. The second-order valence-corrected chi connectivity index (χ2v) is 0.603. The molecule has 0 saturated carbocycles. The Morgan fingerprint density at radius 3 is 0.900 bits per heavy atom. The smallest absolute Gasteiger partial charge is 0.282 e. The summed E-state index contributed by atoms with van der Waals surface area (Å²) >= 11 is 0. The van der Waals surface area contributed by atoms with Crippen LogP contribution in [0.2, 0.25) is 0 Å². The van der Waals surface area contributed by atoms with Gasteiger partial charge in [-0.05, 0) is 0 Å². The molecule has 0 bridgehead atoms. The van der Waals surface area contributed by atoms with Gasteiger partial charge in [-0.3, -0.25) is 0 Å². The molecule has 0 aromatic carbocycles. The van der Waals surface area contributed by atoms with Crippen LogP contribution in [0.3, 0.4) is 0 Å². The van der Waals surface area contributed by atoms with Gasteiger partial charge < -0.3 is 31.2 Å². The number of hydrogen-bond donors (Lipinski definition) is 1. The second-order valence-electron chi connectivity index (χ2n) is 0.201. The third-order valence-corrected chi connectivity index (χ3v) is 0. The van der Waals surface area contributed by atoms with E-state index in [9.17, 15) is 0 Å². The first-order chi connectivity index (χ1) is 1.73. The minimum Gasteiger partial charge on any atom is -0.412 e. The Balaban J connectivity index is -0.00000000300. The van der Waals surface area contributed by atoms with Crippen molar-refractivity contribution in [2.45, 2.75) is 0 Å². The molecule has 10 heavy (non-hydrogen) atoms. The normalized spacial score (nSPS) is 3.60. The molecule has 0 amide bonds. The maximum atomic E-state index is 8.52. The molecule has 0 atom stereocenters. The zero-order valence-electron chi connectivity index (χ0n) is 4.64. The first kappa shape index (κ1) is 61.5. The SMILES string of the molecule is O.O.O.O.[O-][Cl+2]([O-])O.[Ti].[Zr]. The fourth-order valence-electron chi connectivity index (χ4n) is 0. The first-order valence-corrected chi connectivity index (χ1v) is 1.43. The van der Waals surface area contributed by atoms with E-state index in [4.69, 9.17) is 14.0 Å². The summed E-state index contributed by atoms with van der Waals surface area (Å²) in [6.45, 7) is 0. The van der Waals surface area contributed by atoms with Crippen molar-refractivity contribution in [2.24, 2.45) is 0 Å². The fraction of sp³-hybridized carbons (Fsp3) is 0. The topological polar surface area (TPSA) is 192 Å². The number of halogens is 1. The molecule has 0 radical (unpaired) electrons. The van der Waals surface area contributed by atoms with Gasteiger partial charge in [-0.1, -0.05) is 0 Å². The standard InChI is InChI=1S/ClHO3.4H2O.Ti.Zr/c2-1(3)4;;;;;;/h2H;4*1H2;;. The molecule has 9 N–H and O–H groups in total. The van der Waals surface area contributed by atoms with Gasteiger partial charge in [0.15, 0.2) is 0 Å². The monoisotopic (exact) mass is 294 g/mol. The molecule has 0 aromatic heterocycles. The minimum atomic E-state index is -2.60. The van der Waals surface area contributed by atoms with Gasteiger partial charge in [-0.2, -0.15) is 0 Å². The summed E-state index contributed by atoms with van der Waals surface area (Å²) in [5, 5.41) is 0. The van der Waals surface area contributed by atoms with Gasteiger partial charge >= 0.3 is 0 Å². The van der Waals surface area contributed by atoms with Gasteiger partial charge in [0.05, 0.1) is 0 Å². The molecule has 0 saturated heterocycles. The van der Waals surface area contributed by atoms with Crippen molar-refractivity contribution in [1.29, 1.82) is 0 Å². The van der Waals surface area contributed by atoms with E-state index < -0.39 is 10.8 Å². The summed E-state index contributed by atoms with van der Waals surface area (Å²) < 4.78 is 24.0. The van der Waals surface area contributed by atoms with E-state index >= 15 is 0 Å². The fourth-order valence-corrected chi connectivity index (χ4v) is 0. The van der Waals surface area contributed by atoms with Crippen molar-refractivity contribution >= 4 is 0 Å². The summed E-state index contributed by atoms with van der Waals surface area (Å²) in [6, 6.07) is 0. The largest absolute Gasteiger partial charge is 0.412 e. The van der Waals surface area contributed by atoms with Crippen molar-refractivity contribution in [1.82, 2.24) is 0 Å². The van der Waals surface area contributed by atoms with Crippen LogP contribution in [0.25, 0.3) is 0 Å². The van der Waals surface area contributed by atoms with Crippen molar-refractivity contribution in [3.05, 3.63) is 0 Å². The number of hydrogen-bond acceptors (Lipinski definition) is 3. The van der Waals surface area contributed by atoms with Crippen LogP contribution in [-0.4, -0.2) is 26.6 Å². The van der Waals surface area contributed by atoms with Gasteiger partial charge in [-0.25, -0.2) is 0 Å². The molecule has 66 valence electrons. The summed E-state index contributed by atoms with van der Waals surface area (Å²) in [5.74, 6) is 0. The molecule has 0 aromatic rings. The molecule has 0 fully saturated rings. The van der Waals surface area contributed by atoms with Crippen LogP contribution in [0, 0.1) is 10.8 Å². The Morgan fingerprint density at radius 2 is 0.900 bits per heavy atom. The van der Waals surface area contributed by atoms with Gasteiger partial charge in [0, 0.05) is 52.6 Å². The second kappa shape index (κ2) is 46.1. The predicted octanol–water partition coefficient (Wildman–Crippen LogP) is -6.24. The Bertz CT molecular complexity index is 18.3. The zero-order chi connectivity index (χ0) is 3.58. The quantitative estimate of drug-likeness (QED) is 0.435. The maximum absolute atomic E-state index is 8.52. The van der Waals surface area contributed by atoms with Gasteiger partial charge in [0.1, 0.15) is 0 Å². The van der Waals surface area contributed by atoms with E-state index in [1.807, 2.05) is 0 Å². The third kappa shape index (κ3) is 275. The number of rotatable bonds is 0. The predicted molar refractivity (Wildman–Crippen MR) is 16.7 cm³/mol. The first-order valence-electron chi connectivity index (χ1n) is 0.478. The average molecular weight is 296 g/mol. The van der Waals surface area contributed by atoms with Crippen LogP contribution in [-0.2, 0) is 47.9 Å². The minimum absolute atomic E-state index is 0. The van der Waals surface area contributed by atoms with Crippen LogP contribution < -0.4 is 9.32 Å². The van der Waals surface area contributed by atoms with Crippen LogP contribution >= 0.6 is 0 Å². The van der Waals surface area contributed by atoms with Crippen molar-refractivity contribution in [3.8, 4) is 0 Å². The van der Waals surface area contributed by atoms with Crippen LogP contribution in [0.1, 0.15) is 0 Å². The third-order valence-electron chi connectivity index (χ3n) is 0. The van der Waals surface area contributed by atoms with Gasteiger partial charge in [0.25, 0.3) is 10.8 Å². The van der Waals surface area contributed by atoms with Crippen molar-refractivity contribution in [3.63, 3.8) is 0 Å². The summed E-state index contributed by atoms with van der Waals surface area (Å²) in [6.07, 6.45) is 0. The molecular weight excluding hydrogens is 287 g/mol. The van der Waals surface area contributed by atoms with E-state index in [1.165, 1.54) is 0 Å². The van der Waals surface area contributed by atoms with E-state index in [2.05, 4.69) is 0 Å². The Hall–Kier alpha value is 1.61. The van der Waals surface area contributed by atoms with E-state index in [1.54, 1.807) is 0 Å². The summed E-state index contributed by atoms with van der Waals surface area (Å²) in [5.41, 5.74) is 0. The van der Waals surface area contributed by atoms with Crippen LogP contribution in [0.15, 0.2) is 0 Å². The molecule has 0 aliphatic heterocycles. The van der Waals surface area contributed by atoms with E-state index in [0.717, 1.165) is 0 Å². The van der Waals surface area contributed by atoms with Crippen LogP contribution in [0.4, 0.5) is 0 Å². The zero-order valence-corrected chi connectivity index (χ0v) is 9.42. The molecule has 0 heterocycles. The van der Waals surface area contributed by atoms with Crippen LogP contribution in [0.5, 0.6) is 0 Å². The van der Waals surface area contributed by atoms with E-state index in [-0.39, 0.29) is 69.8 Å². The Morgan fingerprint density at radius 1 is 0.900 bits per heavy atom. The Labute approximate surface area is 94.1 Å². The molecule has 10 heteroatoms. The molecule has 0 spiro atoms. The van der Waals surface area contributed by atoms with Crippen molar-refractivity contribution < 1.29 is 94.6 Å². The average Bonchev–Trinajstić information content (AvgIpc) is 0.811.